The molecule has 1 saturated carbocycles. The number of hydrogen-bond donors (Lipinski definition) is 3. The van der Waals surface area contributed by atoms with E-state index in [2.05, 4.69) is 54.9 Å². The molecule has 1 aromatic carbocycles. The van der Waals surface area contributed by atoms with Crippen molar-refractivity contribution in [3.05, 3.63) is 89.5 Å². The van der Waals surface area contributed by atoms with E-state index in [9.17, 15) is 18.4 Å². The maximum absolute atomic E-state index is 15.4. The van der Waals surface area contributed by atoms with Gasteiger partial charge in [-0.3, -0.25) is 39.6 Å². The van der Waals surface area contributed by atoms with E-state index in [1.54, 1.807) is 36.5 Å². The number of hydrazine groups is 1. The Balaban J connectivity index is 1.05. The molecule has 8 heterocycles. The van der Waals surface area contributed by atoms with Gasteiger partial charge in [0.2, 0.25) is 5.91 Å². The number of rotatable bonds is 15. The largest absolute Gasteiger partial charge is 0.406 e. The first-order valence-corrected chi connectivity index (χ1v) is 26.3. The minimum Gasteiger partial charge on any atom is -0.375 e. The maximum atomic E-state index is 15.4. The summed E-state index contributed by atoms with van der Waals surface area (Å²) >= 11 is 0. The number of amides is 2. The minimum absolute atomic E-state index is 0.0180. The van der Waals surface area contributed by atoms with Crippen LogP contribution in [-0.4, -0.2) is 143 Å². The molecule has 2 amide bonds. The van der Waals surface area contributed by atoms with Crippen molar-refractivity contribution in [1.82, 2.24) is 40.1 Å². The molecule has 4 saturated heterocycles. The van der Waals surface area contributed by atoms with Crippen LogP contribution in [-0.2, 0) is 36.9 Å². The molecule has 1 spiro atoms. The minimum atomic E-state index is -4.57. The molecular weight excluding hydrogens is 940 g/mol. The molecule has 0 bridgehead atoms. The average Bonchev–Trinajstić information content (AvgIpc) is 4.09. The summed E-state index contributed by atoms with van der Waals surface area (Å²) in [5.41, 5.74) is 9.12. The lowest BCUT2D eigenvalue weighted by Gasteiger charge is -2.56. The SMILES string of the molecule is C=C1CCCC12CN([C@@H]([C@H](NC(=O)[C@@H]1C(C)c3cccnc3[C@H]3CCCN31)C(=O)N1CCCCN1)[C@H]1CN(c3ccc4c(c3)c(CC(C)(C)COO)c(-c3cccnc3[C@H](C)OC)n4CC(F)(F)F)CCO1)C2. The van der Waals surface area contributed by atoms with Crippen LogP contribution in [0.5, 0.6) is 0 Å². The Morgan fingerprint density at radius 3 is 2.58 bits per heavy atom. The van der Waals surface area contributed by atoms with Crippen LogP contribution < -0.4 is 15.6 Å². The summed E-state index contributed by atoms with van der Waals surface area (Å²) in [6.07, 6.45) is 4.68. The number of benzene rings is 1. The van der Waals surface area contributed by atoms with Gasteiger partial charge in [-0.25, -0.2) is 10.3 Å². The summed E-state index contributed by atoms with van der Waals surface area (Å²) in [6.45, 7) is 15.3. The van der Waals surface area contributed by atoms with Gasteiger partial charge < -0.3 is 24.3 Å². The second kappa shape index (κ2) is 20.6. The van der Waals surface area contributed by atoms with E-state index in [4.69, 9.17) is 14.5 Å². The first-order valence-electron chi connectivity index (χ1n) is 26.3. The summed E-state index contributed by atoms with van der Waals surface area (Å²) in [4.78, 5) is 51.6. The third kappa shape index (κ3) is 9.93. The molecule has 4 aromatic rings. The molecule has 3 aromatic heterocycles. The van der Waals surface area contributed by atoms with Gasteiger partial charge in [0.05, 0.1) is 60.6 Å². The third-order valence-corrected chi connectivity index (χ3v) is 16.9. The Bertz CT molecular complexity index is 2680. The van der Waals surface area contributed by atoms with E-state index < -0.39 is 48.5 Å². The summed E-state index contributed by atoms with van der Waals surface area (Å²) in [5.74, 6) is -0.562. The summed E-state index contributed by atoms with van der Waals surface area (Å²) in [5, 5.41) is 15.4. The highest BCUT2D eigenvalue weighted by Gasteiger charge is 2.55. The number of anilines is 1. The van der Waals surface area contributed by atoms with Crippen LogP contribution in [0.3, 0.4) is 0 Å². The number of nitrogens with zero attached hydrogens (tertiary/aromatic N) is 7. The first-order chi connectivity index (χ1) is 35.0. The van der Waals surface area contributed by atoms with Gasteiger partial charge in [-0.2, -0.15) is 13.2 Å². The number of fused-ring (bicyclic) bond motifs is 4. The molecule has 73 heavy (non-hydrogen) atoms. The second-order valence-corrected chi connectivity index (χ2v) is 22.3. The predicted octanol–water partition coefficient (Wildman–Crippen LogP) is 7.98. The van der Waals surface area contributed by atoms with E-state index in [0.717, 1.165) is 68.4 Å². The highest BCUT2D eigenvalue weighted by atomic mass is 19.4. The first kappa shape index (κ1) is 51.5. The zero-order chi connectivity index (χ0) is 51.4. The fraction of sp³-hybridized carbons (Fsp3) is 0.600. The number of carbonyl (C=O) groups excluding carboxylic acids is 2. The predicted molar refractivity (Wildman–Crippen MR) is 271 cm³/mol. The van der Waals surface area contributed by atoms with Crippen molar-refractivity contribution in [2.75, 3.05) is 71.0 Å². The van der Waals surface area contributed by atoms with Crippen molar-refractivity contribution in [2.45, 2.75) is 134 Å². The summed E-state index contributed by atoms with van der Waals surface area (Å²) in [6, 6.07) is 11.1. The zero-order valence-electron chi connectivity index (χ0n) is 42.9. The van der Waals surface area contributed by atoms with Gasteiger partial charge in [0, 0.05) is 92.3 Å². The maximum Gasteiger partial charge on any atom is 0.406 e. The van der Waals surface area contributed by atoms with Crippen LogP contribution in [0.25, 0.3) is 22.2 Å². The van der Waals surface area contributed by atoms with Gasteiger partial charge in [-0.05, 0) is 118 Å². The molecule has 18 heteroatoms. The quantitative estimate of drug-likeness (QED) is 0.0603. The Morgan fingerprint density at radius 2 is 1.85 bits per heavy atom. The van der Waals surface area contributed by atoms with E-state index in [1.807, 2.05) is 45.2 Å². The van der Waals surface area contributed by atoms with Gasteiger partial charge in [0.15, 0.2) is 0 Å². The fourth-order valence-electron chi connectivity index (χ4n) is 13.3. The highest BCUT2D eigenvalue weighted by molar-refractivity contribution is 5.95. The lowest BCUT2D eigenvalue weighted by Crippen LogP contribution is -2.73. The van der Waals surface area contributed by atoms with Crippen molar-refractivity contribution in [3.8, 4) is 11.3 Å². The monoisotopic (exact) mass is 1010 g/mol. The molecule has 394 valence electrons. The number of hydrogen-bond acceptors (Lipinski definition) is 12. The van der Waals surface area contributed by atoms with Gasteiger partial charge in [0.25, 0.3) is 5.91 Å². The third-order valence-electron chi connectivity index (χ3n) is 16.9. The van der Waals surface area contributed by atoms with Crippen LogP contribution in [0.2, 0.25) is 0 Å². The number of likely N-dealkylation sites (tertiary alicyclic amines) is 1. The number of carbonyl (C=O) groups is 2. The summed E-state index contributed by atoms with van der Waals surface area (Å²) in [7, 11) is 1.54. The Labute approximate surface area is 426 Å². The van der Waals surface area contributed by atoms with Crippen LogP contribution in [0, 0.1) is 10.8 Å². The van der Waals surface area contributed by atoms with E-state index in [0.29, 0.717) is 79.3 Å². The molecule has 3 N–H and O–H groups in total. The summed E-state index contributed by atoms with van der Waals surface area (Å²) < 4.78 is 58.3. The van der Waals surface area contributed by atoms with Crippen molar-refractivity contribution in [1.29, 1.82) is 0 Å². The zero-order valence-corrected chi connectivity index (χ0v) is 42.9. The van der Waals surface area contributed by atoms with Gasteiger partial charge in [-0.15, -0.1) is 0 Å². The van der Waals surface area contributed by atoms with Crippen molar-refractivity contribution in [2.24, 2.45) is 10.8 Å². The van der Waals surface area contributed by atoms with Crippen LogP contribution >= 0.6 is 0 Å². The Hall–Kier alpha value is -4.95. The standard InChI is InChI=1S/C55H72F3N9O6/c1-34-13-9-19-54(34)30-64(31-54)50(47(52(69)67-24-8-7-22-61-67)62-51(68)48-35(2)38-14-10-21-60-46(38)43-16-12-23-65(43)48)44-29-63(25-26-72-44)37-17-18-42-40(27-37)41(28-53(4,5)33-73-70)49(66(42)32-55(56,57)58)39-15-11-20-59-45(39)36(3)71-6/h10-11,14-15,17-18,20-21,27,35-36,43-44,47-48,50,61,70H,1,7-9,12-13,16,19,22-26,28-33H2,2-6H3,(H,62,68)/t35?,36-,43+,44+,47-,48-,50+/m0/s1. The second-order valence-electron chi connectivity index (χ2n) is 22.3. The molecule has 15 nitrogen and oxygen atoms in total. The topological polar surface area (TPSA) is 150 Å². The smallest absolute Gasteiger partial charge is 0.375 e. The van der Waals surface area contributed by atoms with E-state index >= 15 is 9.59 Å². The highest BCUT2D eigenvalue weighted by Crippen LogP contribution is 2.51. The molecule has 6 aliphatic rings. The fourth-order valence-corrected chi connectivity index (χ4v) is 13.3. The molecule has 1 aliphatic carbocycles. The number of nitrogens with one attached hydrogen (secondary N) is 2. The van der Waals surface area contributed by atoms with Gasteiger partial charge in [0.1, 0.15) is 12.6 Å². The van der Waals surface area contributed by atoms with Crippen molar-refractivity contribution < 1.29 is 42.4 Å². The van der Waals surface area contributed by atoms with E-state index in [-0.39, 0.29) is 42.2 Å². The molecule has 10 rings (SSSR count). The van der Waals surface area contributed by atoms with Crippen molar-refractivity contribution in [3.63, 3.8) is 0 Å². The molecule has 5 aliphatic heterocycles. The molecule has 0 radical (unpaired) electrons. The normalized spacial score (nSPS) is 24.9. The Morgan fingerprint density at radius 1 is 1.05 bits per heavy atom. The number of halogens is 3. The van der Waals surface area contributed by atoms with E-state index in [1.165, 1.54) is 10.1 Å². The van der Waals surface area contributed by atoms with Crippen LogP contribution in [0.15, 0.2) is 67.0 Å². The number of methoxy groups -OCH3 is 1. The van der Waals surface area contributed by atoms with Crippen molar-refractivity contribution >= 4 is 28.4 Å². The van der Waals surface area contributed by atoms with Crippen LogP contribution in [0.4, 0.5) is 18.9 Å². The Kier molecular flexibility index (Phi) is 14.6. The number of pyridine rings is 2. The van der Waals surface area contributed by atoms with Gasteiger partial charge >= 0.3 is 6.18 Å². The molecule has 5 fully saturated rings. The number of aromatic nitrogens is 3. The number of morpholine rings is 1. The lowest BCUT2D eigenvalue weighted by molar-refractivity contribution is -0.259. The van der Waals surface area contributed by atoms with Crippen LogP contribution in [0.1, 0.15) is 113 Å². The average molecular weight is 1010 g/mol. The number of alkyl halides is 3. The molecular formula is C55H72F3N9O6. The molecule has 7 atom stereocenters. The molecule has 1 unspecified atom stereocenters. The number of ether oxygens (including phenoxy) is 2. The van der Waals surface area contributed by atoms with Gasteiger partial charge in [-0.1, -0.05) is 39.0 Å². The lowest BCUT2D eigenvalue weighted by atomic mass is 9.73.